The number of hydrogen-bond donors (Lipinski definition) is 1. The van der Waals surface area contributed by atoms with E-state index in [4.69, 9.17) is 32.7 Å². The number of carbonyl (C=O) groups excluding carboxylic acids is 2. The van der Waals surface area contributed by atoms with Gasteiger partial charge in [0.25, 0.3) is 0 Å². The number of nitrogens with zero attached hydrogens (tertiary/aromatic N) is 1. The van der Waals surface area contributed by atoms with Crippen molar-refractivity contribution in [3.8, 4) is 11.5 Å². The van der Waals surface area contributed by atoms with Crippen molar-refractivity contribution < 1.29 is 19.1 Å². The van der Waals surface area contributed by atoms with Crippen LogP contribution < -0.4 is 14.8 Å². The number of rotatable bonds is 9. The van der Waals surface area contributed by atoms with E-state index in [1.165, 1.54) is 0 Å². The molecule has 182 valence electrons. The van der Waals surface area contributed by atoms with Crippen LogP contribution in [0.2, 0.25) is 10.0 Å². The summed E-state index contributed by atoms with van der Waals surface area (Å²) in [7, 11) is 1.57. The highest BCUT2D eigenvalue weighted by Gasteiger charge is 2.30. The zero-order valence-electron chi connectivity index (χ0n) is 19.3. The lowest BCUT2D eigenvalue weighted by Crippen LogP contribution is -2.49. The number of likely N-dealkylation sites (N-methyl/N-ethyl adjacent to an activating group) is 1. The number of nitrogens with one attached hydrogen (secondary N) is 1. The maximum absolute atomic E-state index is 13.6. The average Bonchev–Trinajstić information content (AvgIpc) is 3.34. The smallest absolute Gasteiger partial charge is 0.242 e. The monoisotopic (exact) mass is 512 g/mol. The van der Waals surface area contributed by atoms with Gasteiger partial charge in [0.1, 0.15) is 6.04 Å². The SMILES string of the molecule is CNC(=O)C(Cc1ccccc1)N(Cc1ccc(Cl)cc1Cl)C(=O)CCc1ccc2c(c1)OCO2. The first kappa shape index (κ1) is 24.9. The Kier molecular flexibility index (Phi) is 8.16. The summed E-state index contributed by atoms with van der Waals surface area (Å²) >= 11 is 12.5. The second kappa shape index (κ2) is 11.5. The first-order chi connectivity index (χ1) is 16.9. The molecule has 0 aliphatic carbocycles. The predicted octanol–water partition coefficient (Wildman–Crippen LogP) is 5.04. The topological polar surface area (TPSA) is 67.9 Å². The van der Waals surface area contributed by atoms with Crippen molar-refractivity contribution in [2.75, 3.05) is 13.8 Å². The summed E-state index contributed by atoms with van der Waals surface area (Å²) in [6.45, 7) is 0.377. The van der Waals surface area contributed by atoms with E-state index in [9.17, 15) is 9.59 Å². The van der Waals surface area contributed by atoms with Crippen LogP contribution in [0.4, 0.5) is 0 Å². The second-order valence-electron chi connectivity index (χ2n) is 8.26. The molecule has 0 saturated carbocycles. The first-order valence-electron chi connectivity index (χ1n) is 11.3. The molecule has 1 heterocycles. The molecule has 0 saturated heterocycles. The van der Waals surface area contributed by atoms with Crippen LogP contribution in [0.3, 0.4) is 0 Å². The third-order valence-corrected chi connectivity index (χ3v) is 6.52. The van der Waals surface area contributed by atoms with Crippen LogP contribution in [0.1, 0.15) is 23.1 Å². The quantitative estimate of drug-likeness (QED) is 0.436. The van der Waals surface area contributed by atoms with Gasteiger partial charge < -0.3 is 19.7 Å². The summed E-state index contributed by atoms with van der Waals surface area (Å²) in [6.07, 6.45) is 1.08. The summed E-state index contributed by atoms with van der Waals surface area (Å²) in [4.78, 5) is 28.2. The van der Waals surface area contributed by atoms with Crippen molar-refractivity contribution in [3.05, 3.63) is 93.5 Å². The van der Waals surface area contributed by atoms with E-state index in [0.717, 1.165) is 16.7 Å². The summed E-state index contributed by atoms with van der Waals surface area (Å²) in [6, 6.07) is 19.7. The Bertz CT molecular complexity index is 1200. The average molecular weight is 513 g/mol. The number of aryl methyl sites for hydroxylation is 1. The highest BCUT2D eigenvalue weighted by atomic mass is 35.5. The number of fused-ring (bicyclic) bond motifs is 1. The molecule has 2 amide bonds. The fourth-order valence-electron chi connectivity index (χ4n) is 4.05. The Labute approximate surface area is 214 Å². The van der Waals surface area contributed by atoms with Gasteiger partial charge in [-0.25, -0.2) is 0 Å². The Morgan fingerprint density at radius 2 is 1.74 bits per heavy atom. The Balaban J connectivity index is 1.59. The molecule has 1 aliphatic rings. The van der Waals surface area contributed by atoms with E-state index in [0.29, 0.717) is 34.4 Å². The molecular formula is C27H26Cl2N2O4. The molecule has 35 heavy (non-hydrogen) atoms. The van der Waals surface area contributed by atoms with Gasteiger partial charge in [0.2, 0.25) is 18.6 Å². The van der Waals surface area contributed by atoms with Crippen molar-refractivity contribution in [2.24, 2.45) is 0 Å². The zero-order chi connectivity index (χ0) is 24.8. The van der Waals surface area contributed by atoms with E-state index >= 15 is 0 Å². The fourth-order valence-corrected chi connectivity index (χ4v) is 4.51. The molecule has 4 rings (SSSR count). The van der Waals surface area contributed by atoms with Gasteiger partial charge >= 0.3 is 0 Å². The lowest BCUT2D eigenvalue weighted by atomic mass is 10.0. The maximum atomic E-state index is 13.6. The lowest BCUT2D eigenvalue weighted by Gasteiger charge is -2.31. The van der Waals surface area contributed by atoms with Gasteiger partial charge in [-0.15, -0.1) is 0 Å². The molecule has 6 nitrogen and oxygen atoms in total. The number of benzene rings is 3. The van der Waals surface area contributed by atoms with E-state index < -0.39 is 6.04 Å². The lowest BCUT2D eigenvalue weighted by molar-refractivity contribution is -0.141. The standard InChI is InChI=1S/C27H26Cl2N2O4/c1-30-27(33)23(13-18-5-3-2-4-6-18)31(16-20-9-10-21(28)15-22(20)29)26(32)12-8-19-7-11-24-25(14-19)35-17-34-24/h2-7,9-11,14-15,23H,8,12-13,16-17H2,1H3,(H,30,33). The molecule has 1 unspecified atom stereocenters. The van der Waals surface area contributed by atoms with Crippen molar-refractivity contribution in [3.63, 3.8) is 0 Å². The van der Waals surface area contributed by atoms with Crippen LogP contribution in [-0.2, 0) is 29.0 Å². The molecule has 3 aromatic carbocycles. The van der Waals surface area contributed by atoms with Gasteiger partial charge in [-0.1, -0.05) is 65.7 Å². The van der Waals surface area contributed by atoms with Crippen LogP contribution in [0.5, 0.6) is 11.5 Å². The number of carbonyl (C=O) groups is 2. The zero-order valence-corrected chi connectivity index (χ0v) is 20.8. The van der Waals surface area contributed by atoms with E-state index in [1.807, 2.05) is 48.5 Å². The summed E-state index contributed by atoms with van der Waals surface area (Å²) < 4.78 is 10.8. The summed E-state index contributed by atoms with van der Waals surface area (Å²) in [5.41, 5.74) is 2.62. The molecular weight excluding hydrogens is 487 g/mol. The molecule has 0 spiro atoms. The number of halogens is 2. The molecule has 0 bridgehead atoms. The van der Waals surface area contributed by atoms with Gasteiger partial charge in [0.15, 0.2) is 11.5 Å². The number of ether oxygens (including phenoxy) is 2. The van der Waals surface area contributed by atoms with Gasteiger partial charge in [-0.05, 0) is 47.4 Å². The Hall–Kier alpha value is -3.22. The molecule has 1 atom stereocenters. The van der Waals surface area contributed by atoms with E-state index in [1.54, 1.807) is 30.1 Å². The van der Waals surface area contributed by atoms with Crippen molar-refractivity contribution >= 4 is 35.0 Å². The van der Waals surface area contributed by atoms with E-state index in [2.05, 4.69) is 5.32 Å². The minimum Gasteiger partial charge on any atom is -0.454 e. The highest BCUT2D eigenvalue weighted by Crippen LogP contribution is 2.33. The molecule has 3 aromatic rings. The minimum atomic E-state index is -0.710. The second-order valence-corrected chi connectivity index (χ2v) is 9.11. The van der Waals surface area contributed by atoms with Crippen LogP contribution >= 0.6 is 23.2 Å². The number of amides is 2. The van der Waals surface area contributed by atoms with E-state index in [-0.39, 0.29) is 31.6 Å². The van der Waals surface area contributed by atoms with Crippen LogP contribution in [-0.4, -0.2) is 36.6 Å². The Morgan fingerprint density at radius 1 is 0.971 bits per heavy atom. The summed E-state index contributed by atoms with van der Waals surface area (Å²) in [5, 5.41) is 3.67. The van der Waals surface area contributed by atoms with Crippen molar-refractivity contribution in [1.29, 1.82) is 0 Å². The van der Waals surface area contributed by atoms with Gasteiger partial charge in [0, 0.05) is 36.5 Å². The molecule has 0 fully saturated rings. The van der Waals surface area contributed by atoms with Crippen LogP contribution in [0.25, 0.3) is 0 Å². The molecule has 1 aliphatic heterocycles. The van der Waals surface area contributed by atoms with Crippen LogP contribution in [0, 0.1) is 0 Å². The van der Waals surface area contributed by atoms with Crippen LogP contribution in [0.15, 0.2) is 66.7 Å². The summed E-state index contributed by atoms with van der Waals surface area (Å²) in [5.74, 6) is 0.974. The Morgan fingerprint density at radius 3 is 2.49 bits per heavy atom. The first-order valence-corrected chi connectivity index (χ1v) is 12.1. The minimum absolute atomic E-state index is 0.154. The highest BCUT2D eigenvalue weighted by molar-refractivity contribution is 6.35. The largest absolute Gasteiger partial charge is 0.454 e. The molecule has 0 aromatic heterocycles. The predicted molar refractivity (Wildman–Crippen MR) is 136 cm³/mol. The maximum Gasteiger partial charge on any atom is 0.242 e. The molecule has 8 heteroatoms. The van der Waals surface area contributed by atoms with Gasteiger partial charge in [0.05, 0.1) is 0 Å². The third-order valence-electron chi connectivity index (χ3n) is 5.94. The third kappa shape index (κ3) is 6.27. The van der Waals surface area contributed by atoms with Crippen molar-refractivity contribution in [1.82, 2.24) is 10.2 Å². The normalized spacial score (nSPS) is 12.8. The van der Waals surface area contributed by atoms with Gasteiger partial charge in [-0.2, -0.15) is 0 Å². The van der Waals surface area contributed by atoms with Gasteiger partial charge in [-0.3, -0.25) is 9.59 Å². The molecule has 0 radical (unpaired) electrons. The van der Waals surface area contributed by atoms with Crippen molar-refractivity contribution in [2.45, 2.75) is 31.8 Å². The number of hydrogen-bond acceptors (Lipinski definition) is 4. The molecule has 1 N–H and O–H groups in total. The fraction of sp³-hybridized carbons (Fsp3) is 0.259.